The first kappa shape index (κ1) is 68.5. The maximum atomic E-state index is 12.5. The van der Waals surface area contributed by atoms with Gasteiger partial charge in [-0.25, -0.2) is 4.18 Å². The molecule has 0 aromatic heterocycles. The van der Waals surface area contributed by atoms with E-state index in [1.54, 1.807) is 0 Å². The fourth-order valence-corrected chi connectivity index (χ4v) is 17.0. The summed E-state index contributed by atoms with van der Waals surface area (Å²) in [5, 5.41) is 147. The predicted molar refractivity (Wildman–Crippen MR) is 294 cm³/mol. The highest BCUT2D eigenvalue weighted by molar-refractivity contribution is 7.80. The topological polar surface area (TPSA) is 431 Å². The van der Waals surface area contributed by atoms with Crippen LogP contribution in [0.2, 0.25) is 0 Å². The van der Waals surface area contributed by atoms with E-state index in [1.165, 1.54) is 27.7 Å². The van der Waals surface area contributed by atoms with Crippen LogP contribution in [0.1, 0.15) is 114 Å². The SMILES string of the molecule is CC(C)[C@H](C)[C@@H]1O[C@H]1[C@](C)(O)[C@H]1CC[C@H]2[C@@H]3C[C@H](O[C@@H]4O[C@H](CO)[C@@H](O)[C@H](O[C@@H]5O[C@H](C)[C@@H](O[C@@H]6O[C@H](C)[C@H](O)[C@H](O)[C@H]6O[C@@H]6O[C@H](C)[C@H](O)[C@H](O)[C@H]6O)[C@H](O)[C@H]5O[C@@H]5O[C@H](C)[C@@H](O)[C@H](O)[C@H]5O)[C@H]4O)[C@H]4C[C@@H](OS(=O)(=O)O)CC[C@]4(C)C3=CC[C@]12C. The van der Waals surface area contributed by atoms with Gasteiger partial charge in [0, 0.05) is 0 Å². The number of allylic oxidation sites excluding steroid dienone is 2. The zero-order chi connectivity index (χ0) is 63.6. The number of hydrogen-bond acceptors (Lipinski definition) is 27. The monoisotopic (exact) mass is 1270 g/mol. The second-order valence-corrected chi connectivity index (χ2v) is 28.8. The largest absolute Gasteiger partial charge is 0.397 e. The molecule has 0 aromatic carbocycles. The molecule has 28 nitrogen and oxygen atoms in total. The number of aliphatic hydroxyl groups is 13. The van der Waals surface area contributed by atoms with Crippen molar-refractivity contribution in [3.05, 3.63) is 11.6 Å². The number of fused-ring (bicyclic) bond motifs is 5. The van der Waals surface area contributed by atoms with Crippen molar-refractivity contribution < 1.29 is 136 Å². The Balaban J connectivity index is 0.930. The highest BCUT2D eigenvalue weighted by Crippen LogP contribution is 2.68. The third kappa shape index (κ3) is 12.8. The molecule has 0 bridgehead atoms. The summed E-state index contributed by atoms with van der Waals surface area (Å²) in [7, 11) is -4.90. The average molecular weight is 1270 g/mol. The van der Waals surface area contributed by atoms with Crippen LogP contribution in [0.4, 0.5) is 0 Å². The Morgan fingerprint density at radius 2 is 1.10 bits per heavy atom. The maximum Gasteiger partial charge on any atom is 0.397 e. The van der Waals surface area contributed by atoms with Crippen molar-refractivity contribution in [3.8, 4) is 0 Å². The third-order valence-electron chi connectivity index (χ3n) is 22.1. The third-order valence-corrected chi connectivity index (χ3v) is 22.6. The minimum absolute atomic E-state index is 0.0278. The first-order valence-corrected chi connectivity index (χ1v) is 32.4. The lowest BCUT2D eigenvalue weighted by atomic mass is 9.47. The Morgan fingerprint density at radius 1 is 0.586 bits per heavy atom. The summed E-state index contributed by atoms with van der Waals surface area (Å²) in [5.41, 5.74) is -1.05. The van der Waals surface area contributed by atoms with E-state index >= 15 is 0 Å². The van der Waals surface area contributed by atoms with Crippen LogP contribution in [0.15, 0.2) is 11.6 Å². The molecular formula is C58H96O28S. The smallest absolute Gasteiger partial charge is 0.394 e. The van der Waals surface area contributed by atoms with E-state index < -0.39 is 205 Å². The molecule has 14 N–H and O–H groups in total. The summed E-state index contributed by atoms with van der Waals surface area (Å²) in [6.07, 6.45) is -38.9. The van der Waals surface area contributed by atoms with Crippen LogP contribution in [0.25, 0.3) is 0 Å². The van der Waals surface area contributed by atoms with E-state index in [2.05, 4.69) is 40.7 Å². The normalized spacial score (nSPS) is 54.0. The van der Waals surface area contributed by atoms with Gasteiger partial charge in [-0.2, -0.15) is 8.42 Å². The first-order valence-electron chi connectivity index (χ1n) is 31.0. The molecule has 37 atom stereocenters. The number of rotatable bonds is 17. The van der Waals surface area contributed by atoms with Gasteiger partial charge in [0.25, 0.3) is 0 Å². The van der Waals surface area contributed by atoms with Gasteiger partial charge in [0.15, 0.2) is 31.5 Å². The van der Waals surface area contributed by atoms with Gasteiger partial charge in [0.05, 0.1) is 54.9 Å². The Bertz CT molecular complexity index is 2500. The van der Waals surface area contributed by atoms with E-state index in [4.69, 9.17) is 56.3 Å². The summed E-state index contributed by atoms with van der Waals surface area (Å²) < 4.78 is 108. The van der Waals surface area contributed by atoms with Gasteiger partial charge >= 0.3 is 10.4 Å². The molecule has 0 spiro atoms. The van der Waals surface area contributed by atoms with Crippen molar-refractivity contribution in [3.63, 3.8) is 0 Å². The number of aliphatic hydroxyl groups excluding tert-OH is 12. The molecule has 6 aliphatic heterocycles. The molecule has 0 unspecified atom stereocenters. The second-order valence-electron chi connectivity index (χ2n) is 27.8. The summed E-state index contributed by atoms with van der Waals surface area (Å²) >= 11 is 0. The van der Waals surface area contributed by atoms with Gasteiger partial charge in [-0.15, -0.1) is 0 Å². The molecule has 0 amide bonds. The van der Waals surface area contributed by atoms with Gasteiger partial charge in [-0.05, 0) is 126 Å². The molecule has 0 radical (unpaired) electrons. The molecule has 0 aromatic rings. The Labute approximate surface area is 506 Å². The van der Waals surface area contributed by atoms with Gasteiger partial charge in [-0.3, -0.25) is 4.55 Å². The fraction of sp³-hybridized carbons (Fsp3) is 0.966. The van der Waals surface area contributed by atoms with Crippen LogP contribution in [0.3, 0.4) is 0 Å². The molecule has 502 valence electrons. The Kier molecular flexibility index (Phi) is 20.3. The van der Waals surface area contributed by atoms with Crippen molar-refractivity contribution in [1.29, 1.82) is 0 Å². The van der Waals surface area contributed by atoms with E-state index in [1.807, 2.05) is 6.92 Å². The minimum atomic E-state index is -4.90. The molecule has 10 aliphatic rings. The molecule has 6 saturated heterocycles. The summed E-state index contributed by atoms with van der Waals surface area (Å²) in [5.74, 6) is -0.213. The minimum Gasteiger partial charge on any atom is -0.394 e. The first-order chi connectivity index (χ1) is 40.6. The zero-order valence-corrected chi connectivity index (χ0v) is 51.6. The molecule has 29 heteroatoms. The second kappa shape index (κ2) is 25.8. The Morgan fingerprint density at radius 3 is 1.67 bits per heavy atom. The van der Waals surface area contributed by atoms with E-state index in [0.717, 1.165) is 18.4 Å². The molecule has 87 heavy (non-hydrogen) atoms. The van der Waals surface area contributed by atoms with Crippen molar-refractivity contribution in [2.45, 2.75) is 298 Å². The lowest BCUT2D eigenvalue weighted by Gasteiger charge is -2.60. The van der Waals surface area contributed by atoms with Crippen LogP contribution < -0.4 is 0 Å². The van der Waals surface area contributed by atoms with Crippen LogP contribution in [0, 0.1) is 46.3 Å². The molecular weight excluding hydrogens is 1180 g/mol. The number of ether oxygens (including phenoxy) is 11. The van der Waals surface area contributed by atoms with Crippen molar-refractivity contribution >= 4 is 10.4 Å². The van der Waals surface area contributed by atoms with Crippen molar-refractivity contribution in [2.24, 2.45) is 46.3 Å². The maximum absolute atomic E-state index is 12.5. The van der Waals surface area contributed by atoms with Crippen LogP contribution in [0.5, 0.6) is 0 Å². The lowest BCUT2D eigenvalue weighted by Crippen LogP contribution is -2.68. The quantitative estimate of drug-likeness (QED) is 0.0416. The van der Waals surface area contributed by atoms with Crippen molar-refractivity contribution in [2.75, 3.05) is 6.61 Å². The number of epoxide rings is 1. The van der Waals surface area contributed by atoms with Crippen molar-refractivity contribution in [1.82, 2.24) is 0 Å². The molecule has 3 saturated carbocycles. The number of hydrogen-bond donors (Lipinski definition) is 14. The molecule has 9 fully saturated rings. The van der Waals surface area contributed by atoms with Crippen LogP contribution >= 0.6 is 0 Å². The van der Waals surface area contributed by atoms with Gasteiger partial charge in [0.2, 0.25) is 0 Å². The summed E-state index contributed by atoms with van der Waals surface area (Å²) in [6, 6.07) is 0. The lowest BCUT2D eigenvalue weighted by molar-refractivity contribution is -0.406. The molecule has 6 heterocycles. The van der Waals surface area contributed by atoms with E-state index in [9.17, 15) is 79.4 Å². The summed E-state index contributed by atoms with van der Waals surface area (Å²) in [6.45, 7) is 17.3. The molecule has 4 aliphatic carbocycles. The van der Waals surface area contributed by atoms with Gasteiger partial charge in [-0.1, -0.05) is 46.3 Å². The summed E-state index contributed by atoms with van der Waals surface area (Å²) in [4.78, 5) is 0. The zero-order valence-electron chi connectivity index (χ0n) is 50.8. The van der Waals surface area contributed by atoms with Crippen LogP contribution in [-0.4, -0.2) is 270 Å². The highest BCUT2D eigenvalue weighted by atomic mass is 32.3. The Hall–Kier alpha value is -1.35. The fourth-order valence-electron chi connectivity index (χ4n) is 16.5. The van der Waals surface area contributed by atoms with Gasteiger partial charge in [0.1, 0.15) is 104 Å². The molecule has 10 rings (SSSR count). The van der Waals surface area contributed by atoms with E-state index in [-0.39, 0.29) is 48.7 Å². The predicted octanol–water partition coefficient (Wildman–Crippen LogP) is -2.23. The standard InChI is InChI=1S/C58H96O28S/c1-20(2)21(3)45-50(81-45)58(10,71)33-12-11-28-27-18-31(30-17-26(86-87(72,73)74)13-15-56(30,8)29(27)14-16-57(28,33)9)79-53-44(70)47(37(63)32(19-59)80-53)83-55-49(85-52-42(68)39(65)35(61)23(5)76-52)43(69)46(25(7)78-55)82-54-48(40(66)36(62)24(6)77-54)84-51-41(67)38(64)34(60)22(4)75-51/h14,20-28,30-55,59-71H,11-13,15-19H2,1-10H3,(H,72,73,74)/t21-,22+,23+,24+,25+,26-,27-,28-,30+,31-,32+,33-,34-,35+,36-,37+,38-,39-,40-,41+,42+,43-,44+,45-,46+,47-,48+,49+,50+,51-,52-,53+,54-,55-,56+,57-,58+/m0/s1. The average Bonchev–Trinajstić information content (AvgIpc) is 1.66. The van der Waals surface area contributed by atoms with Crippen LogP contribution in [-0.2, 0) is 66.7 Å². The van der Waals surface area contributed by atoms with E-state index in [0.29, 0.717) is 25.2 Å². The highest BCUT2D eigenvalue weighted by Gasteiger charge is 2.67. The van der Waals surface area contributed by atoms with Gasteiger partial charge < -0.3 is 118 Å².